The second-order valence-electron chi connectivity index (χ2n) is 5.32. The molecule has 3 rings (SSSR count). The highest BCUT2D eigenvalue weighted by Crippen LogP contribution is 2.38. The molecule has 2 heterocycles. The molecule has 2 atom stereocenters. The van der Waals surface area contributed by atoms with Gasteiger partial charge < -0.3 is 10.6 Å². The molecule has 2 N–H and O–H groups in total. The van der Waals surface area contributed by atoms with Gasteiger partial charge in [0.05, 0.1) is 17.8 Å². The van der Waals surface area contributed by atoms with Crippen LogP contribution < -0.4 is 10.6 Å². The molecule has 5 nitrogen and oxygen atoms in total. The average molecular weight is 271 g/mol. The molecule has 1 aromatic rings. The Hall–Kier alpha value is -2.17. The highest BCUT2D eigenvalue weighted by Gasteiger charge is 2.43. The maximum atomic E-state index is 12.3. The predicted molar refractivity (Wildman–Crippen MR) is 74.7 cm³/mol. The van der Waals surface area contributed by atoms with Crippen LogP contribution in [0.5, 0.6) is 0 Å². The normalized spacial score (nSPS) is 25.9. The highest BCUT2D eigenvalue weighted by atomic mass is 16.1. The maximum absolute atomic E-state index is 12.3. The van der Waals surface area contributed by atoms with Gasteiger partial charge in [-0.1, -0.05) is 6.42 Å². The average Bonchev–Trinajstić information content (AvgIpc) is 2.74. The molecule has 5 heteroatoms. The molecule has 1 fully saturated rings. The first-order valence-electron chi connectivity index (χ1n) is 6.91. The molecule has 2 unspecified atom stereocenters. The molecular weight excluding hydrogens is 254 g/mol. The lowest BCUT2D eigenvalue weighted by Gasteiger charge is -2.27. The SMILES string of the molecule is NC(=O)C1=CN(c2cccnc2)C2CCCCC(=O)C12. The molecule has 0 spiro atoms. The summed E-state index contributed by atoms with van der Waals surface area (Å²) >= 11 is 0. The fraction of sp³-hybridized carbons (Fsp3) is 0.400. The van der Waals surface area contributed by atoms with Gasteiger partial charge in [0, 0.05) is 30.4 Å². The third-order valence-corrected chi connectivity index (χ3v) is 4.10. The first-order chi connectivity index (χ1) is 9.68. The zero-order valence-corrected chi connectivity index (χ0v) is 11.2. The Morgan fingerprint density at radius 2 is 2.25 bits per heavy atom. The van der Waals surface area contributed by atoms with Crippen molar-refractivity contribution in [1.82, 2.24) is 4.98 Å². The third-order valence-electron chi connectivity index (χ3n) is 4.10. The first-order valence-corrected chi connectivity index (χ1v) is 6.91. The number of pyridine rings is 1. The molecule has 104 valence electrons. The number of ketones is 1. The molecular formula is C15H17N3O2. The van der Waals surface area contributed by atoms with Gasteiger partial charge in [0.1, 0.15) is 5.78 Å². The minimum absolute atomic E-state index is 0.00306. The Bertz CT molecular complexity index is 568. The Balaban J connectivity index is 2.03. The van der Waals surface area contributed by atoms with E-state index in [0.717, 1.165) is 24.9 Å². The van der Waals surface area contributed by atoms with Crippen LogP contribution in [0.2, 0.25) is 0 Å². The van der Waals surface area contributed by atoms with E-state index in [1.807, 2.05) is 17.0 Å². The van der Waals surface area contributed by atoms with Crippen LogP contribution in [0, 0.1) is 5.92 Å². The molecule has 20 heavy (non-hydrogen) atoms. The van der Waals surface area contributed by atoms with Crippen molar-refractivity contribution in [3.63, 3.8) is 0 Å². The third kappa shape index (κ3) is 2.09. The zero-order valence-electron chi connectivity index (χ0n) is 11.2. The Morgan fingerprint density at radius 1 is 1.40 bits per heavy atom. The molecule has 0 radical (unpaired) electrons. The van der Waals surface area contributed by atoms with E-state index in [1.54, 1.807) is 18.6 Å². The lowest BCUT2D eigenvalue weighted by molar-refractivity contribution is -0.124. The van der Waals surface area contributed by atoms with Gasteiger partial charge >= 0.3 is 0 Å². The molecule has 1 aliphatic heterocycles. The number of hydrogen-bond acceptors (Lipinski definition) is 4. The number of nitrogens with zero attached hydrogens (tertiary/aromatic N) is 2. The Labute approximate surface area is 117 Å². The summed E-state index contributed by atoms with van der Waals surface area (Å²) in [5.74, 6) is -0.749. The molecule has 1 saturated carbocycles. The number of rotatable bonds is 2. The van der Waals surface area contributed by atoms with Crippen molar-refractivity contribution in [3.8, 4) is 0 Å². The number of aromatic nitrogens is 1. The second-order valence-corrected chi connectivity index (χ2v) is 5.32. The number of primary amides is 1. The standard InChI is InChI=1S/C15H17N3O2/c16-15(20)11-9-18(10-4-3-7-17-8-10)12-5-1-2-6-13(19)14(11)12/h3-4,7-9,12,14H,1-2,5-6H2,(H2,16,20). The van der Waals surface area contributed by atoms with E-state index < -0.39 is 5.91 Å². The fourth-order valence-electron chi connectivity index (χ4n) is 3.19. The smallest absolute Gasteiger partial charge is 0.246 e. The van der Waals surface area contributed by atoms with Gasteiger partial charge in [-0.25, -0.2) is 0 Å². The van der Waals surface area contributed by atoms with Crippen molar-refractivity contribution >= 4 is 17.4 Å². The van der Waals surface area contributed by atoms with Crippen LogP contribution in [0.4, 0.5) is 5.69 Å². The van der Waals surface area contributed by atoms with Crippen LogP contribution in [-0.2, 0) is 9.59 Å². The van der Waals surface area contributed by atoms with Crippen molar-refractivity contribution in [2.75, 3.05) is 4.90 Å². The van der Waals surface area contributed by atoms with Crippen LogP contribution in [0.3, 0.4) is 0 Å². The minimum Gasteiger partial charge on any atom is -0.366 e. The number of Topliss-reactive ketones (excluding diaryl/α,β-unsaturated/α-hetero) is 1. The molecule has 2 aliphatic rings. The van der Waals surface area contributed by atoms with Crippen molar-refractivity contribution in [2.24, 2.45) is 11.7 Å². The van der Waals surface area contributed by atoms with Crippen molar-refractivity contribution in [2.45, 2.75) is 31.7 Å². The van der Waals surface area contributed by atoms with Gasteiger partial charge in [-0.15, -0.1) is 0 Å². The van der Waals surface area contributed by atoms with E-state index in [-0.39, 0.29) is 17.7 Å². The molecule has 0 aromatic carbocycles. The van der Waals surface area contributed by atoms with Crippen LogP contribution in [0.1, 0.15) is 25.7 Å². The van der Waals surface area contributed by atoms with Crippen molar-refractivity contribution < 1.29 is 9.59 Å². The van der Waals surface area contributed by atoms with E-state index in [9.17, 15) is 9.59 Å². The quantitative estimate of drug-likeness (QED) is 0.882. The number of carbonyl (C=O) groups is 2. The number of hydrogen-bond donors (Lipinski definition) is 1. The number of fused-ring (bicyclic) bond motifs is 1. The van der Waals surface area contributed by atoms with Gasteiger partial charge in [-0.05, 0) is 25.0 Å². The van der Waals surface area contributed by atoms with E-state index in [1.165, 1.54) is 0 Å². The number of nitrogens with two attached hydrogens (primary N) is 1. The highest BCUT2D eigenvalue weighted by molar-refractivity contribution is 6.02. The molecule has 1 aliphatic carbocycles. The largest absolute Gasteiger partial charge is 0.366 e. The van der Waals surface area contributed by atoms with Crippen LogP contribution in [0.25, 0.3) is 0 Å². The van der Waals surface area contributed by atoms with Gasteiger partial charge in [-0.2, -0.15) is 0 Å². The summed E-state index contributed by atoms with van der Waals surface area (Å²) in [6, 6.07) is 3.77. The first kappa shape index (κ1) is 12.8. The van der Waals surface area contributed by atoms with E-state index in [4.69, 9.17) is 5.73 Å². The molecule has 1 amide bonds. The van der Waals surface area contributed by atoms with E-state index >= 15 is 0 Å². The summed E-state index contributed by atoms with van der Waals surface area (Å²) in [6.45, 7) is 0. The summed E-state index contributed by atoms with van der Waals surface area (Å²) in [5, 5.41) is 0. The van der Waals surface area contributed by atoms with Gasteiger partial charge in [0.25, 0.3) is 0 Å². The lowest BCUT2D eigenvalue weighted by atomic mass is 9.89. The summed E-state index contributed by atoms with van der Waals surface area (Å²) in [4.78, 5) is 30.0. The predicted octanol–water partition coefficient (Wildman–Crippen LogP) is 1.40. The maximum Gasteiger partial charge on any atom is 0.246 e. The molecule has 0 bridgehead atoms. The number of amides is 1. The fourth-order valence-corrected chi connectivity index (χ4v) is 3.19. The van der Waals surface area contributed by atoms with Crippen LogP contribution in [-0.4, -0.2) is 22.7 Å². The van der Waals surface area contributed by atoms with Gasteiger partial charge in [0.2, 0.25) is 5.91 Å². The summed E-state index contributed by atoms with van der Waals surface area (Å²) in [5.41, 5.74) is 6.79. The Morgan fingerprint density at radius 3 is 2.95 bits per heavy atom. The number of anilines is 1. The summed E-state index contributed by atoms with van der Waals surface area (Å²) in [6.07, 6.45) is 8.48. The topological polar surface area (TPSA) is 76.3 Å². The summed E-state index contributed by atoms with van der Waals surface area (Å²) < 4.78 is 0. The van der Waals surface area contributed by atoms with Crippen LogP contribution >= 0.6 is 0 Å². The minimum atomic E-state index is -0.498. The van der Waals surface area contributed by atoms with Crippen molar-refractivity contribution in [3.05, 3.63) is 36.3 Å². The monoisotopic (exact) mass is 271 g/mol. The van der Waals surface area contributed by atoms with E-state index in [0.29, 0.717) is 12.0 Å². The van der Waals surface area contributed by atoms with Gasteiger partial charge in [0.15, 0.2) is 0 Å². The molecule has 0 saturated heterocycles. The lowest BCUT2D eigenvalue weighted by Crippen LogP contribution is -2.36. The second kappa shape index (κ2) is 5.07. The zero-order chi connectivity index (χ0) is 14.1. The van der Waals surface area contributed by atoms with Crippen LogP contribution in [0.15, 0.2) is 36.3 Å². The molecule has 1 aromatic heterocycles. The van der Waals surface area contributed by atoms with Gasteiger partial charge in [-0.3, -0.25) is 14.6 Å². The van der Waals surface area contributed by atoms with E-state index in [2.05, 4.69) is 4.98 Å². The van der Waals surface area contributed by atoms with Crippen molar-refractivity contribution in [1.29, 1.82) is 0 Å². The number of carbonyl (C=O) groups excluding carboxylic acids is 2. The Kier molecular flexibility index (Phi) is 3.26. The summed E-state index contributed by atoms with van der Waals surface area (Å²) in [7, 11) is 0.